The van der Waals surface area contributed by atoms with Gasteiger partial charge in [0.1, 0.15) is 10.5 Å². The highest BCUT2D eigenvalue weighted by Crippen LogP contribution is 2.24. The zero-order chi connectivity index (χ0) is 13.0. The van der Waals surface area contributed by atoms with Crippen LogP contribution in [-0.4, -0.2) is 28.8 Å². The third-order valence-corrected chi connectivity index (χ3v) is 4.08. The Labute approximate surface area is 116 Å². The van der Waals surface area contributed by atoms with Gasteiger partial charge in [0.05, 0.1) is 15.6 Å². The van der Waals surface area contributed by atoms with Crippen molar-refractivity contribution in [1.82, 2.24) is 15.3 Å². The Morgan fingerprint density at radius 3 is 2.56 bits per heavy atom. The van der Waals surface area contributed by atoms with E-state index in [1.165, 1.54) is 17.7 Å². The van der Waals surface area contributed by atoms with Crippen LogP contribution in [-0.2, 0) is 4.79 Å². The fourth-order valence-corrected chi connectivity index (χ4v) is 2.98. The summed E-state index contributed by atoms with van der Waals surface area (Å²) in [5, 5.41) is 3.09. The average molecular weight is 330 g/mol. The second-order valence-electron chi connectivity index (χ2n) is 3.79. The van der Waals surface area contributed by atoms with E-state index in [9.17, 15) is 9.59 Å². The van der Waals surface area contributed by atoms with E-state index >= 15 is 0 Å². The van der Waals surface area contributed by atoms with Crippen LogP contribution in [0.15, 0.2) is 21.0 Å². The van der Waals surface area contributed by atoms with Crippen LogP contribution < -0.4 is 10.9 Å². The van der Waals surface area contributed by atoms with Gasteiger partial charge in [0.25, 0.3) is 5.56 Å². The topological polar surface area (TPSA) is 74.8 Å². The van der Waals surface area contributed by atoms with Crippen molar-refractivity contribution in [2.45, 2.75) is 12.8 Å². The number of piperidine rings is 1. The maximum Gasteiger partial charge on any atom is 0.268 e. The number of ketones is 1. The van der Waals surface area contributed by atoms with Crippen LogP contribution >= 0.6 is 27.3 Å². The number of hydrogen-bond donors (Lipinski definition) is 2. The molecule has 0 unspecified atom stereocenters. The van der Waals surface area contributed by atoms with Crippen LogP contribution in [0.2, 0.25) is 0 Å². The van der Waals surface area contributed by atoms with Crippen molar-refractivity contribution in [2.24, 2.45) is 0 Å². The molecule has 0 radical (unpaired) electrons. The van der Waals surface area contributed by atoms with Gasteiger partial charge in [-0.05, 0) is 22.0 Å². The molecule has 1 aliphatic heterocycles. The Morgan fingerprint density at radius 1 is 1.28 bits per heavy atom. The zero-order valence-corrected chi connectivity index (χ0v) is 11.9. The number of aromatic nitrogens is 2. The van der Waals surface area contributed by atoms with Crippen molar-refractivity contribution in [3.8, 4) is 0 Å². The highest BCUT2D eigenvalue weighted by molar-refractivity contribution is 9.11. The summed E-state index contributed by atoms with van der Waals surface area (Å²) in [6.07, 6.45) is 2.88. The molecule has 1 fully saturated rings. The molecule has 0 atom stereocenters. The van der Waals surface area contributed by atoms with Crippen molar-refractivity contribution in [3.05, 3.63) is 26.5 Å². The predicted molar refractivity (Wildman–Crippen MR) is 75.1 cm³/mol. The number of halogens is 1. The van der Waals surface area contributed by atoms with Gasteiger partial charge in [-0.15, -0.1) is 11.3 Å². The van der Waals surface area contributed by atoms with Gasteiger partial charge in [-0.1, -0.05) is 0 Å². The molecule has 0 spiro atoms. The number of rotatable bonds is 0. The molecule has 0 bridgehead atoms. The van der Waals surface area contributed by atoms with Gasteiger partial charge in [0, 0.05) is 25.9 Å². The fourth-order valence-electron chi connectivity index (χ4n) is 1.54. The number of nitrogens with zero attached hydrogens (tertiary/aromatic N) is 1. The van der Waals surface area contributed by atoms with Crippen LogP contribution in [0, 0.1) is 0 Å². The number of thiophene rings is 1. The highest BCUT2D eigenvalue weighted by atomic mass is 79.9. The zero-order valence-electron chi connectivity index (χ0n) is 9.53. The lowest BCUT2D eigenvalue weighted by Gasteiger charge is -2.08. The molecule has 3 heterocycles. The number of fused-ring (bicyclic) bond motifs is 1. The van der Waals surface area contributed by atoms with Crippen LogP contribution in [0.1, 0.15) is 12.8 Å². The van der Waals surface area contributed by atoms with E-state index in [1.54, 1.807) is 0 Å². The third kappa shape index (κ3) is 3.47. The van der Waals surface area contributed by atoms with Crippen molar-refractivity contribution in [1.29, 1.82) is 0 Å². The molecule has 0 aromatic carbocycles. The van der Waals surface area contributed by atoms with E-state index in [4.69, 9.17) is 0 Å². The van der Waals surface area contributed by atoms with Gasteiger partial charge in [0.2, 0.25) is 0 Å². The molecule has 0 aliphatic carbocycles. The van der Waals surface area contributed by atoms with Gasteiger partial charge in [0.15, 0.2) is 0 Å². The number of nitrogens with one attached hydrogen (secondary N) is 2. The quantitative estimate of drug-likeness (QED) is 0.771. The van der Waals surface area contributed by atoms with E-state index in [1.807, 2.05) is 6.07 Å². The highest BCUT2D eigenvalue weighted by Gasteiger charge is 2.05. The van der Waals surface area contributed by atoms with Crippen LogP contribution in [0.4, 0.5) is 0 Å². The Hall–Kier alpha value is -1.05. The smallest absolute Gasteiger partial charge is 0.268 e. The van der Waals surface area contributed by atoms with Gasteiger partial charge in [-0.3, -0.25) is 9.59 Å². The first kappa shape index (κ1) is 13.4. The minimum Gasteiger partial charge on any atom is -0.316 e. The molecule has 2 aromatic rings. The molecular formula is C11H12BrN3O2S. The summed E-state index contributed by atoms with van der Waals surface area (Å²) in [5.74, 6) is 0.402. The Balaban J connectivity index is 0.000000149. The van der Waals surface area contributed by atoms with Gasteiger partial charge >= 0.3 is 0 Å². The van der Waals surface area contributed by atoms with Crippen LogP contribution in [0.5, 0.6) is 0 Å². The van der Waals surface area contributed by atoms with E-state index in [2.05, 4.69) is 31.2 Å². The third-order valence-electron chi connectivity index (χ3n) is 2.45. The number of Topliss-reactive ketones (excluding diaryl/α,β-unsaturated/α-hetero) is 1. The van der Waals surface area contributed by atoms with Crippen LogP contribution in [0.3, 0.4) is 0 Å². The summed E-state index contributed by atoms with van der Waals surface area (Å²) in [5.41, 5.74) is 0.663. The number of aromatic amines is 1. The van der Waals surface area contributed by atoms with Crippen molar-refractivity contribution in [2.75, 3.05) is 13.1 Å². The Bertz CT molecular complexity index is 600. The number of hydrogen-bond acceptors (Lipinski definition) is 5. The molecular weight excluding hydrogens is 318 g/mol. The molecule has 7 heteroatoms. The second-order valence-corrected chi connectivity index (χ2v) is 6.22. The van der Waals surface area contributed by atoms with Gasteiger partial charge in [-0.25, -0.2) is 4.98 Å². The molecule has 3 rings (SSSR count). The molecule has 96 valence electrons. The normalized spacial score (nSPS) is 15.3. The largest absolute Gasteiger partial charge is 0.316 e. The van der Waals surface area contributed by atoms with Crippen molar-refractivity contribution in [3.63, 3.8) is 0 Å². The second kappa shape index (κ2) is 6.21. The van der Waals surface area contributed by atoms with E-state index in [0.717, 1.165) is 35.2 Å². The summed E-state index contributed by atoms with van der Waals surface area (Å²) >= 11 is 4.67. The molecule has 0 saturated carbocycles. The molecule has 1 saturated heterocycles. The minimum absolute atomic E-state index is 0.0781. The predicted octanol–water partition coefficient (Wildman–Crippen LogP) is 1.69. The number of carbonyl (C=O) groups excluding carboxylic acids is 1. The lowest BCUT2D eigenvalue weighted by Crippen LogP contribution is -2.27. The Morgan fingerprint density at radius 2 is 2.00 bits per heavy atom. The molecule has 1 aliphatic rings. The molecule has 18 heavy (non-hydrogen) atoms. The van der Waals surface area contributed by atoms with E-state index in [0.29, 0.717) is 10.5 Å². The first-order chi connectivity index (χ1) is 8.66. The lowest BCUT2D eigenvalue weighted by atomic mass is 10.1. The standard InChI is InChI=1S/C6H3BrN2OS.C5H9NO/c7-4-1-3-5(11-4)6(10)9-2-8-3;7-5-1-3-6-4-2-5/h1-2H,(H,8,9,10);6H,1-4H2. The maximum absolute atomic E-state index is 11.1. The molecule has 2 N–H and O–H groups in total. The molecule has 0 amide bonds. The monoisotopic (exact) mass is 329 g/mol. The SMILES string of the molecule is O=C1CCNCC1.O=c1[nH]cnc2cc(Br)sc12. The van der Waals surface area contributed by atoms with E-state index in [-0.39, 0.29) is 5.56 Å². The summed E-state index contributed by atoms with van der Waals surface area (Å²) in [4.78, 5) is 28.0. The molecule has 2 aromatic heterocycles. The number of H-pyrrole nitrogens is 1. The summed E-state index contributed by atoms with van der Waals surface area (Å²) in [6.45, 7) is 1.78. The lowest BCUT2D eigenvalue weighted by molar-refractivity contribution is -0.119. The number of carbonyl (C=O) groups is 1. The molecule has 5 nitrogen and oxygen atoms in total. The fraction of sp³-hybridized carbons (Fsp3) is 0.364. The van der Waals surface area contributed by atoms with Crippen molar-refractivity contribution < 1.29 is 4.79 Å². The summed E-state index contributed by atoms with van der Waals surface area (Å²) in [7, 11) is 0. The summed E-state index contributed by atoms with van der Waals surface area (Å²) < 4.78 is 1.59. The summed E-state index contributed by atoms with van der Waals surface area (Å²) in [6, 6.07) is 1.83. The van der Waals surface area contributed by atoms with Crippen molar-refractivity contribution >= 4 is 43.3 Å². The minimum atomic E-state index is -0.0781. The first-order valence-corrected chi connectivity index (χ1v) is 7.13. The Kier molecular flexibility index (Phi) is 4.62. The van der Waals surface area contributed by atoms with Gasteiger partial charge < -0.3 is 10.3 Å². The van der Waals surface area contributed by atoms with Gasteiger partial charge in [-0.2, -0.15) is 0 Å². The average Bonchev–Trinajstić information content (AvgIpc) is 2.73. The maximum atomic E-state index is 11.1. The van der Waals surface area contributed by atoms with Crippen LogP contribution in [0.25, 0.3) is 10.2 Å². The van der Waals surface area contributed by atoms with E-state index < -0.39 is 0 Å². The first-order valence-electron chi connectivity index (χ1n) is 5.52.